The zero-order valence-electron chi connectivity index (χ0n) is 11.2. The zero-order valence-corrected chi connectivity index (χ0v) is 12.1. The maximum Gasteiger partial charge on any atom is 0.335 e. The van der Waals surface area contributed by atoms with Gasteiger partial charge in [0.05, 0.1) is 12.3 Å². The molecule has 1 rings (SSSR count). The van der Waals surface area contributed by atoms with Crippen LogP contribution in [0.1, 0.15) is 32.3 Å². The summed E-state index contributed by atoms with van der Waals surface area (Å²) >= 11 is 0. The van der Waals surface area contributed by atoms with Gasteiger partial charge in [0.1, 0.15) is 17.3 Å². The molecule has 4 N–H and O–H groups in total. The van der Waals surface area contributed by atoms with E-state index in [0.717, 1.165) is 6.07 Å². The first-order valence-corrected chi connectivity index (χ1v) is 7.53. The molecular formula is C12H19FNO4P. The number of nitrogens with two attached hydrogens (primary N) is 1. The zero-order chi connectivity index (χ0) is 14.8. The first-order valence-electron chi connectivity index (χ1n) is 5.92. The molecule has 1 aromatic carbocycles. The molecule has 0 aliphatic carbocycles. The van der Waals surface area contributed by atoms with Gasteiger partial charge in [-0.1, -0.05) is 13.8 Å². The highest BCUT2D eigenvalue weighted by molar-refractivity contribution is 7.53. The minimum Gasteiger partial charge on any atom is -0.494 e. The topological polar surface area (TPSA) is 92.8 Å². The molecule has 19 heavy (non-hydrogen) atoms. The molecule has 0 saturated carbocycles. The van der Waals surface area contributed by atoms with E-state index in [1.807, 2.05) is 0 Å². The van der Waals surface area contributed by atoms with Crippen LogP contribution in [0.2, 0.25) is 0 Å². The van der Waals surface area contributed by atoms with E-state index in [1.165, 1.54) is 13.2 Å². The van der Waals surface area contributed by atoms with E-state index < -0.39 is 18.6 Å². The van der Waals surface area contributed by atoms with E-state index >= 15 is 0 Å². The van der Waals surface area contributed by atoms with Gasteiger partial charge in [-0.3, -0.25) is 4.57 Å². The highest BCUT2D eigenvalue weighted by Crippen LogP contribution is 2.61. The molecule has 108 valence electrons. The SMILES string of the molecule is CCC(CC)(c1cc(F)c(N)c(OC)c1)P(=O)(O)O. The molecule has 0 unspecified atom stereocenters. The second kappa shape index (κ2) is 5.49. The maximum atomic E-state index is 13.8. The minimum absolute atomic E-state index is 0.0784. The first-order chi connectivity index (χ1) is 8.73. The van der Waals surface area contributed by atoms with Crippen molar-refractivity contribution in [1.29, 1.82) is 0 Å². The van der Waals surface area contributed by atoms with Crippen LogP contribution in [0.25, 0.3) is 0 Å². The quantitative estimate of drug-likeness (QED) is 0.573. The van der Waals surface area contributed by atoms with Gasteiger partial charge in [0.2, 0.25) is 0 Å². The Morgan fingerprint density at radius 1 is 1.37 bits per heavy atom. The van der Waals surface area contributed by atoms with Crippen molar-refractivity contribution in [3.05, 3.63) is 23.5 Å². The molecule has 0 radical (unpaired) electrons. The fourth-order valence-corrected chi connectivity index (χ4v) is 3.56. The largest absolute Gasteiger partial charge is 0.494 e. The van der Waals surface area contributed by atoms with Gasteiger partial charge in [-0.25, -0.2) is 4.39 Å². The molecule has 0 aliphatic heterocycles. The summed E-state index contributed by atoms with van der Waals surface area (Å²) in [5.41, 5.74) is 5.54. The molecule has 5 nitrogen and oxygen atoms in total. The molecule has 0 saturated heterocycles. The van der Waals surface area contributed by atoms with Crippen LogP contribution in [-0.2, 0) is 9.72 Å². The Labute approximate surface area is 111 Å². The van der Waals surface area contributed by atoms with Crippen LogP contribution in [0, 0.1) is 5.82 Å². The van der Waals surface area contributed by atoms with E-state index in [2.05, 4.69) is 0 Å². The van der Waals surface area contributed by atoms with E-state index in [-0.39, 0.29) is 29.8 Å². The number of methoxy groups -OCH3 is 1. The third-order valence-corrected chi connectivity index (χ3v) is 5.58. The number of halogens is 1. The molecule has 0 aromatic heterocycles. The number of nitrogen functional groups attached to an aromatic ring is 1. The molecule has 0 bridgehead atoms. The number of rotatable bonds is 5. The smallest absolute Gasteiger partial charge is 0.335 e. The lowest BCUT2D eigenvalue weighted by molar-refractivity contribution is 0.314. The highest BCUT2D eigenvalue weighted by atomic mass is 31.2. The van der Waals surface area contributed by atoms with Crippen LogP contribution in [0.5, 0.6) is 5.75 Å². The lowest BCUT2D eigenvalue weighted by atomic mass is 9.92. The van der Waals surface area contributed by atoms with Gasteiger partial charge in [0.25, 0.3) is 0 Å². The summed E-state index contributed by atoms with van der Waals surface area (Å²) in [6.45, 7) is 3.31. The highest BCUT2D eigenvalue weighted by Gasteiger charge is 2.46. The molecule has 0 atom stereocenters. The third kappa shape index (κ3) is 2.61. The molecule has 0 amide bonds. The lowest BCUT2D eigenvalue weighted by Gasteiger charge is -2.33. The van der Waals surface area contributed by atoms with Crippen molar-refractivity contribution in [3.63, 3.8) is 0 Å². The Balaban J connectivity index is 3.57. The molecule has 0 fully saturated rings. The molecule has 0 heterocycles. The summed E-state index contributed by atoms with van der Waals surface area (Å²) in [7, 11) is -3.13. The second-order valence-electron chi connectivity index (χ2n) is 4.36. The second-order valence-corrected chi connectivity index (χ2v) is 6.30. The van der Waals surface area contributed by atoms with E-state index in [4.69, 9.17) is 10.5 Å². The van der Waals surface area contributed by atoms with Gasteiger partial charge in [0.15, 0.2) is 0 Å². The van der Waals surface area contributed by atoms with Crippen molar-refractivity contribution in [3.8, 4) is 5.75 Å². The Hall–Kier alpha value is -1.10. The van der Waals surface area contributed by atoms with Gasteiger partial charge >= 0.3 is 7.60 Å². The van der Waals surface area contributed by atoms with Crippen LogP contribution in [0.4, 0.5) is 10.1 Å². The number of hydrogen-bond donors (Lipinski definition) is 3. The minimum atomic E-state index is -4.46. The fraction of sp³-hybridized carbons (Fsp3) is 0.500. The summed E-state index contributed by atoms with van der Waals surface area (Å²) in [6, 6.07) is 2.47. The normalized spacial score (nSPS) is 12.5. The van der Waals surface area contributed by atoms with Crippen molar-refractivity contribution in [2.75, 3.05) is 12.8 Å². The predicted molar refractivity (Wildman–Crippen MR) is 71.7 cm³/mol. The van der Waals surface area contributed by atoms with Gasteiger partial charge in [-0.2, -0.15) is 0 Å². The summed E-state index contributed by atoms with van der Waals surface area (Å²) in [5, 5.41) is -1.42. The van der Waals surface area contributed by atoms with Gasteiger partial charge < -0.3 is 20.3 Å². The average molecular weight is 291 g/mol. The van der Waals surface area contributed by atoms with Crippen molar-refractivity contribution < 1.29 is 23.5 Å². The maximum absolute atomic E-state index is 13.8. The molecule has 0 aliphatic rings. The van der Waals surface area contributed by atoms with E-state index in [1.54, 1.807) is 13.8 Å². The summed E-state index contributed by atoms with van der Waals surface area (Å²) in [4.78, 5) is 19.2. The summed E-state index contributed by atoms with van der Waals surface area (Å²) in [6.07, 6.45) is 0.362. The van der Waals surface area contributed by atoms with Crippen LogP contribution < -0.4 is 10.5 Å². The van der Waals surface area contributed by atoms with E-state index in [9.17, 15) is 18.7 Å². The third-order valence-electron chi connectivity index (χ3n) is 3.58. The van der Waals surface area contributed by atoms with Gasteiger partial charge in [-0.05, 0) is 30.5 Å². The molecular weight excluding hydrogens is 272 g/mol. The summed E-state index contributed by atoms with van der Waals surface area (Å²) < 4.78 is 30.5. The van der Waals surface area contributed by atoms with Crippen molar-refractivity contribution >= 4 is 13.3 Å². The van der Waals surface area contributed by atoms with Crippen molar-refractivity contribution in [1.82, 2.24) is 0 Å². The number of ether oxygens (including phenoxy) is 1. The predicted octanol–water partition coefficient (Wildman–Crippen LogP) is 2.61. The number of benzene rings is 1. The monoisotopic (exact) mass is 291 g/mol. The number of anilines is 1. The Kier molecular flexibility index (Phi) is 4.61. The Morgan fingerprint density at radius 2 is 1.89 bits per heavy atom. The van der Waals surface area contributed by atoms with Crippen LogP contribution in [-0.4, -0.2) is 16.9 Å². The lowest BCUT2D eigenvalue weighted by Crippen LogP contribution is -2.25. The van der Waals surface area contributed by atoms with Crippen molar-refractivity contribution in [2.24, 2.45) is 0 Å². The van der Waals surface area contributed by atoms with Crippen LogP contribution in [0.15, 0.2) is 12.1 Å². The van der Waals surface area contributed by atoms with Gasteiger partial charge in [0, 0.05) is 0 Å². The summed E-state index contributed by atoms with van der Waals surface area (Å²) in [5.74, 6) is -0.663. The van der Waals surface area contributed by atoms with Crippen LogP contribution in [0.3, 0.4) is 0 Å². The van der Waals surface area contributed by atoms with Gasteiger partial charge in [-0.15, -0.1) is 0 Å². The number of hydrogen-bond acceptors (Lipinski definition) is 3. The standard InChI is InChI=1S/C12H19FNO4P/c1-4-12(5-2,19(15,16)17)8-6-9(13)11(14)10(7-8)18-3/h6-7H,4-5,14H2,1-3H3,(H2,15,16,17). The Morgan fingerprint density at radius 3 is 2.26 bits per heavy atom. The average Bonchev–Trinajstić information content (AvgIpc) is 2.33. The Bertz CT molecular complexity index is 511. The first kappa shape index (κ1) is 16.0. The van der Waals surface area contributed by atoms with Crippen LogP contribution >= 0.6 is 7.60 Å². The molecule has 7 heteroatoms. The fourth-order valence-electron chi connectivity index (χ4n) is 2.27. The molecule has 0 spiro atoms. The van der Waals surface area contributed by atoms with Crippen molar-refractivity contribution in [2.45, 2.75) is 31.8 Å². The molecule has 1 aromatic rings. The van der Waals surface area contributed by atoms with E-state index in [0.29, 0.717) is 0 Å².